The summed E-state index contributed by atoms with van der Waals surface area (Å²) in [5.74, 6) is 0.979. The van der Waals surface area contributed by atoms with E-state index in [0.717, 1.165) is 25.9 Å². The summed E-state index contributed by atoms with van der Waals surface area (Å²) >= 11 is 0. The maximum absolute atomic E-state index is 11.9. The molecule has 0 unspecified atom stereocenters. The van der Waals surface area contributed by atoms with Gasteiger partial charge in [0.2, 0.25) is 5.88 Å². The molecule has 3 heterocycles. The first-order chi connectivity index (χ1) is 9.33. The highest BCUT2D eigenvalue weighted by Crippen LogP contribution is 2.14. The highest BCUT2D eigenvalue weighted by atomic mass is 16.5. The fraction of sp³-hybridized carbons (Fsp3) is 0.429. The lowest BCUT2D eigenvalue weighted by Gasteiger charge is -2.22. The molecule has 1 fully saturated rings. The van der Waals surface area contributed by atoms with Crippen LogP contribution in [-0.2, 0) is 0 Å². The van der Waals surface area contributed by atoms with Crippen molar-refractivity contribution in [2.75, 3.05) is 19.7 Å². The molecule has 1 aliphatic heterocycles. The third-order valence-corrected chi connectivity index (χ3v) is 3.47. The summed E-state index contributed by atoms with van der Waals surface area (Å²) in [6.07, 6.45) is 3.94. The van der Waals surface area contributed by atoms with Crippen LogP contribution in [-0.4, -0.2) is 29.1 Å². The predicted octanol–water partition coefficient (Wildman–Crippen LogP) is 1.07. The lowest BCUT2D eigenvalue weighted by Crippen LogP contribution is -2.30. The van der Waals surface area contributed by atoms with E-state index in [0.29, 0.717) is 24.1 Å². The second kappa shape index (κ2) is 5.40. The summed E-state index contributed by atoms with van der Waals surface area (Å²) < 4.78 is 7.19. The average Bonchev–Trinajstić information content (AvgIpc) is 2.46. The molecule has 0 radical (unpaired) electrons. The molecule has 0 saturated carbocycles. The zero-order valence-electron chi connectivity index (χ0n) is 10.7. The number of pyridine rings is 1. The zero-order chi connectivity index (χ0) is 13.1. The SMILES string of the molecule is O=c1cc(OCC2CCNCC2)nc2ccccn12. The molecule has 19 heavy (non-hydrogen) atoms. The van der Waals surface area contributed by atoms with E-state index in [1.165, 1.54) is 10.5 Å². The normalized spacial score (nSPS) is 16.6. The van der Waals surface area contributed by atoms with Crippen molar-refractivity contribution < 1.29 is 4.74 Å². The topological polar surface area (TPSA) is 55.6 Å². The molecule has 0 aliphatic carbocycles. The van der Waals surface area contributed by atoms with E-state index in [9.17, 15) is 4.79 Å². The van der Waals surface area contributed by atoms with E-state index < -0.39 is 0 Å². The summed E-state index contributed by atoms with van der Waals surface area (Å²) in [4.78, 5) is 16.2. The second-order valence-electron chi connectivity index (χ2n) is 4.87. The Morgan fingerprint density at radius 2 is 2.21 bits per heavy atom. The number of hydrogen-bond acceptors (Lipinski definition) is 4. The first-order valence-corrected chi connectivity index (χ1v) is 6.65. The van der Waals surface area contributed by atoms with Gasteiger partial charge in [-0.3, -0.25) is 9.20 Å². The Kier molecular flexibility index (Phi) is 3.46. The van der Waals surface area contributed by atoms with Gasteiger partial charge >= 0.3 is 0 Å². The highest BCUT2D eigenvalue weighted by Gasteiger charge is 2.14. The van der Waals surface area contributed by atoms with Gasteiger partial charge in [0, 0.05) is 6.20 Å². The van der Waals surface area contributed by atoms with Gasteiger partial charge in [-0.2, -0.15) is 4.98 Å². The molecular formula is C14H17N3O2. The molecule has 0 amide bonds. The van der Waals surface area contributed by atoms with Crippen LogP contribution in [0, 0.1) is 5.92 Å². The van der Waals surface area contributed by atoms with Gasteiger partial charge < -0.3 is 10.1 Å². The molecule has 1 saturated heterocycles. The van der Waals surface area contributed by atoms with Gasteiger partial charge in [0.15, 0.2) is 0 Å². The molecule has 0 bridgehead atoms. The maximum Gasteiger partial charge on any atom is 0.261 e. The van der Waals surface area contributed by atoms with Crippen LogP contribution in [0.3, 0.4) is 0 Å². The van der Waals surface area contributed by atoms with Gasteiger partial charge in [-0.1, -0.05) is 6.07 Å². The number of piperidine rings is 1. The number of nitrogens with one attached hydrogen (secondary N) is 1. The summed E-state index contributed by atoms with van der Waals surface area (Å²) in [7, 11) is 0. The summed E-state index contributed by atoms with van der Waals surface area (Å²) in [5.41, 5.74) is 0.515. The van der Waals surface area contributed by atoms with E-state index in [-0.39, 0.29) is 5.56 Å². The van der Waals surface area contributed by atoms with Crippen molar-refractivity contribution in [1.82, 2.24) is 14.7 Å². The molecule has 1 N–H and O–H groups in total. The number of rotatable bonds is 3. The molecular weight excluding hydrogens is 242 g/mol. The molecule has 100 valence electrons. The van der Waals surface area contributed by atoms with Gasteiger partial charge in [0.1, 0.15) is 5.65 Å². The number of aromatic nitrogens is 2. The van der Waals surface area contributed by atoms with Crippen LogP contribution < -0.4 is 15.6 Å². The molecule has 1 aliphatic rings. The Labute approximate surface area is 111 Å². The van der Waals surface area contributed by atoms with E-state index >= 15 is 0 Å². The lowest BCUT2D eigenvalue weighted by molar-refractivity contribution is 0.209. The first-order valence-electron chi connectivity index (χ1n) is 6.65. The van der Waals surface area contributed by atoms with Crippen LogP contribution in [0.2, 0.25) is 0 Å². The number of hydrogen-bond donors (Lipinski definition) is 1. The summed E-state index contributed by atoms with van der Waals surface area (Å²) in [5, 5.41) is 3.32. The minimum absolute atomic E-state index is 0.106. The monoisotopic (exact) mass is 259 g/mol. The predicted molar refractivity (Wildman–Crippen MR) is 72.6 cm³/mol. The van der Waals surface area contributed by atoms with Crippen LogP contribution in [0.25, 0.3) is 5.65 Å². The van der Waals surface area contributed by atoms with Crippen molar-refractivity contribution in [3.8, 4) is 5.88 Å². The number of nitrogens with zero attached hydrogens (tertiary/aromatic N) is 2. The molecule has 0 atom stereocenters. The van der Waals surface area contributed by atoms with Crippen molar-refractivity contribution in [2.24, 2.45) is 5.92 Å². The molecule has 2 aromatic rings. The van der Waals surface area contributed by atoms with Crippen LogP contribution in [0.15, 0.2) is 35.3 Å². The van der Waals surface area contributed by atoms with Crippen LogP contribution >= 0.6 is 0 Å². The third kappa shape index (κ3) is 2.76. The largest absolute Gasteiger partial charge is 0.477 e. The smallest absolute Gasteiger partial charge is 0.261 e. The van der Waals surface area contributed by atoms with E-state index in [2.05, 4.69) is 10.3 Å². The van der Waals surface area contributed by atoms with Gasteiger partial charge in [-0.05, 0) is 44.0 Å². The van der Waals surface area contributed by atoms with Gasteiger partial charge in [-0.15, -0.1) is 0 Å². The van der Waals surface area contributed by atoms with Crippen molar-refractivity contribution in [3.05, 3.63) is 40.8 Å². The van der Waals surface area contributed by atoms with Gasteiger partial charge in [0.25, 0.3) is 5.56 Å². The summed E-state index contributed by atoms with van der Waals surface area (Å²) in [6.45, 7) is 2.72. The Balaban J connectivity index is 1.75. The van der Waals surface area contributed by atoms with Crippen molar-refractivity contribution in [2.45, 2.75) is 12.8 Å². The molecule has 5 nitrogen and oxygen atoms in total. The van der Waals surface area contributed by atoms with Crippen LogP contribution in [0.1, 0.15) is 12.8 Å². The Bertz CT molecular complexity index is 617. The van der Waals surface area contributed by atoms with Crippen molar-refractivity contribution >= 4 is 5.65 Å². The van der Waals surface area contributed by atoms with Crippen LogP contribution in [0.4, 0.5) is 0 Å². The Morgan fingerprint density at radius 3 is 3.05 bits per heavy atom. The zero-order valence-corrected chi connectivity index (χ0v) is 10.7. The molecule has 0 aromatic carbocycles. The Hall–Kier alpha value is -1.88. The van der Waals surface area contributed by atoms with Gasteiger partial charge in [-0.25, -0.2) is 0 Å². The quantitative estimate of drug-likeness (QED) is 0.896. The third-order valence-electron chi connectivity index (χ3n) is 3.47. The van der Waals surface area contributed by atoms with Crippen molar-refractivity contribution in [3.63, 3.8) is 0 Å². The molecule has 3 rings (SSSR count). The van der Waals surface area contributed by atoms with E-state index in [1.54, 1.807) is 12.3 Å². The second-order valence-corrected chi connectivity index (χ2v) is 4.87. The van der Waals surface area contributed by atoms with E-state index in [1.807, 2.05) is 12.1 Å². The molecule has 0 spiro atoms. The molecule has 2 aromatic heterocycles. The first kappa shape index (κ1) is 12.2. The standard InChI is InChI=1S/C14H17N3O2/c18-14-9-13(16-12-3-1-2-8-17(12)14)19-10-11-4-6-15-7-5-11/h1-3,8-9,11,15H,4-7,10H2. The number of fused-ring (bicyclic) bond motifs is 1. The average molecular weight is 259 g/mol. The Morgan fingerprint density at radius 1 is 1.37 bits per heavy atom. The maximum atomic E-state index is 11.9. The lowest BCUT2D eigenvalue weighted by atomic mass is 9.99. The minimum Gasteiger partial charge on any atom is -0.477 e. The minimum atomic E-state index is -0.106. The fourth-order valence-corrected chi connectivity index (χ4v) is 2.36. The van der Waals surface area contributed by atoms with E-state index in [4.69, 9.17) is 4.74 Å². The van der Waals surface area contributed by atoms with Gasteiger partial charge in [0.05, 0.1) is 12.7 Å². The van der Waals surface area contributed by atoms with Crippen LogP contribution in [0.5, 0.6) is 5.88 Å². The number of ether oxygens (including phenoxy) is 1. The summed E-state index contributed by atoms with van der Waals surface area (Å²) in [6, 6.07) is 6.93. The molecule has 5 heteroatoms. The fourth-order valence-electron chi connectivity index (χ4n) is 2.36. The van der Waals surface area contributed by atoms with Crippen molar-refractivity contribution in [1.29, 1.82) is 0 Å². The highest BCUT2D eigenvalue weighted by molar-refractivity contribution is 5.39.